The lowest BCUT2D eigenvalue weighted by atomic mass is 9.74. The molecule has 1 aliphatic heterocycles. The molecule has 1 saturated heterocycles. The van der Waals surface area contributed by atoms with Crippen LogP contribution in [-0.2, 0) is 25.0 Å². The quantitative estimate of drug-likeness (QED) is 0.622. The van der Waals surface area contributed by atoms with Crippen molar-refractivity contribution in [3.63, 3.8) is 0 Å². The maximum atomic E-state index is 12.9. The van der Waals surface area contributed by atoms with Gasteiger partial charge in [-0.05, 0) is 49.1 Å². The number of anilines is 1. The number of ether oxygens (including phenoxy) is 2. The van der Waals surface area contributed by atoms with Gasteiger partial charge in [-0.3, -0.25) is 9.10 Å². The molecule has 1 amide bonds. The van der Waals surface area contributed by atoms with E-state index in [0.29, 0.717) is 37.6 Å². The molecular formula is C24H32N2O5S. The largest absolute Gasteiger partial charge is 0.481 e. The predicted molar refractivity (Wildman–Crippen MR) is 126 cm³/mol. The Balaban J connectivity index is 1.65. The first-order chi connectivity index (χ1) is 15.2. The van der Waals surface area contributed by atoms with Gasteiger partial charge in [-0.2, -0.15) is 0 Å². The Labute approximate surface area is 190 Å². The minimum Gasteiger partial charge on any atom is -0.481 e. The van der Waals surface area contributed by atoms with E-state index in [4.69, 9.17) is 9.47 Å². The van der Waals surface area contributed by atoms with Crippen LogP contribution >= 0.6 is 0 Å². The fourth-order valence-electron chi connectivity index (χ4n) is 3.90. The second-order valence-electron chi connectivity index (χ2n) is 8.22. The molecule has 1 N–H and O–H groups in total. The van der Waals surface area contributed by atoms with Gasteiger partial charge in [0.25, 0.3) is 5.91 Å². The molecule has 32 heavy (non-hydrogen) atoms. The van der Waals surface area contributed by atoms with Crippen molar-refractivity contribution in [2.75, 3.05) is 37.4 Å². The van der Waals surface area contributed by atoms with Crippen LogP contribution in [0, 0.1) is 0 Å². The van der Waals surface area contributed by atoms with Crippen molar-refractivity contribution < 1.29 is 22.7 Å². The van der Waals surface area contributed by atoms with Crippen molar-refractivity contribution in [2.45, 2.75) is 37.7 Å². The number of carbonyl (C=O) groups is 1. The van der Waals surface area contributed by atoms with Crippen molar-refractivity contribution in [3.05, 3.63) is 60.2 Å². The molecule has 3 rings (SSSR count). The zero-order valence-electron chi connectivity index (χ0n) is 18.9. The number of amides is 1. The summed E-state index contributed by atoms with van der Waals surface area (Å²) in [5, 5.41) is 3.11. The number of carbonyl (C=O) groups excluding carboxylic acids is 1. The summed E-state index contributed by atoms with van der Waals surface area (Å²) >= 11 is 0. The molecule has 2 aromatic carbocycles. The first-order valence-electron chi connectivity index (χ1n) is 10.9. The molecule has 0 unspecified atom stereocenters. The summed E-state index contributed by atoms with van der Waals surface area (Å²) in [6, 6.07) is 16.9. The lowest BCUT2D eigenvalue weighted by Crippen LogP contribution is -2.48. The monoisotopic (exact) mass is 460 g/mol. The fraction of sp³-hybridized carbons (Fsp3) is 0.458. The first kappa shape index (κ1) is 24.1. The van der Waals surface area contributed by atoms with Gasteiger partial charge in [-0.1, -0.05) is 37.3 Å². The number of hydrogen-bond donors (Lipinski definition) is 1. The SMILES string of the molecule is CC[C@@H](Oc1ccc(N(C)S(C)(=O)=O)cc1)C(=O)NCC1(c2ccccc2)CCOCC1. The number of hydrogen-bond acceptors (Lipinski definition) is 5. The summed E-state index contributed by atoms with van der Waals surface area (Å²) in [7, 11) is -1.84. The molecule has 1 aliphatic rings. The molecule has 0 bridgehead atoms. The van der Waals surface area contributed by atoms with E-state index in [2.05, 4.69) is 17.4 Å². The molecule has 1 fully saturated rings. The molecule has 174 valence electrons. The Morgan fingerprint density at radius 2 is 1.75 bits per heavy atom. The zero-order valence-corrected chi connectivity index (χ0v) is 19.7. The molecule has 0 aromatic heterocycles. The van der Waals surface area contributed by atoms with E-state index in [1.54, 1.807) is 24.3 Å². The van der Waals surface area contributed by atoms with Crippen LogP contribution in [0.2, 0.25) is 0 Å². The Morgan fingerprint density at radius 1 is 1.12 bits per heavy atom. The Bertz CT molecular complexity index is 987. The van der Waals surface area contributed by atoms with Crippen LogP contribution < -0.4 is 14.4 Å². The van der Waals surface area contributed by atoms with Gasteiger partial charge < -0.3 is 14.8 Å². The summed E-state index contributed by atoms with van der Waals surface area (Å²) in [5.41, 5.74) is 1.59. The predicted octanol–water partition coefficient (Wildman–Crippen LogP) is 3.10. The van der Waals surface area contributed by atoms with Gasteiger partial charge in [0.05, 0.1) is 11.9 Å². The van der Waals surface area contributed by atoms with Gasteiger partial charge in [0.1, 0.15) is 5.75 Å². The van der Waals surface area contributed by atoms with Crippen molar-refractivity contribution in [3.8, 4) is 5.75 Å². The molecule has 0 saturated carbocycles. The highest BCUT2D eigenvalue weighted by atomic mass is 32.2. The van der Waals surface area contributed by atoms with Crippen LogP contribution in [0.15, 0.2) is 54.6 Å². The van der Waals surface area contributed by atoms with Crippen molar-refractivity contribution in [1.29, 1.82) is 0 Å². The fourth-order valence-corrected chi connectivity index (χ4v) is 4.41. The lowest BCUT2D eigenvalue weighted by Gasteiger charge is -2.38. The van der Waals surface area contributed by atoms with E-state index in [-0.39, 0.29) is 11.3 Å². The van der Waals surface area contributed by atoms with Crippen LogP contribution in [0.4, 0.5) is 5.69 Å². The maximum Gasteiger partial charge on any atom is 0.261 e. The van der Waals surface area contributed by atoms with E-state index in [9.17, 15) is 13.2 Å². The van der Waals surface area contributed by atoms with Gasteiger partial charge in [-0.25, -0.2) is 8.42 Å². The standard InChI is InChI=1S/C24H32N2O5S/c1-4-22(31-21-12-10-20(11-13-21)26(2)32(3,28)29)23(27)25-18-24(14-16-30-17-15-24)19-8-6-5-7-9-19/h5-13,22H,4,14-18H2,1-3H3,(H,25,27)/t22-/m1/s1. The number of rotatable bonds is 9. The average molecular weight is 461 g/mol. The van der Waals surface area contributed by atoms with Crippen molar-refractivity contribution >= 4 is 21.6 Å². The van der Waals surface area contributed by atoms with Crippen molar-refractivity contribution in [2.24, 2.45) is 0 Å². The van der Waals surface area contributed by atoms with Crippen LogP contribution in [0.5, 0.6) is 5.75 Å². The third kappa shape index (κ3) is 5.81. The summed E-state index contributed by atoms with van der Waals surface area (Å²) < 4.78 is 36.1. The smallest absolute Gasteiger partial charge is 0.261 e. The van der Waals surface area contributed by atoms with Crippen molar-refractivity contribution in [1.82, 2.24) is 5.32 Å². The maximum absolute atomic E-state index is 12.9. The number of nitrogens with zero attached hydrogens (tertiary/aromatic N) is 1. The van der Waals surface area contributed by atoms with Gasteiger partial charge in [-0.15, -0.1) is 0 Å². The third-order valence-corrected chi connectivity index (χ3v) is 7.28. The van der Waals surface area contributed by atoms with Crippen LogP contribution in [0.25, 0.3) is 0 Å². The van der Waals surface area contributed by atoms with E-state index in [1.165, 1.54) is 16.9 Å². The molecule has 0 aliphatic carbocycles. The van der Waals surface area contributed by atoms with Gasteiger partial charge in [0.15, 0.2) is 6.10 Å². The minimum atomic E-state index is -3.34. The second-order valence-corrected chi connectivity index (χ2v) is 10.2. The van der Waals surface area contributed by atoms with E-state index in [0.717, 1.165) is 19.1 Å². The highest BCUT2D eigenvalue weighted by Crippen LogP contribution is 2.34. The summed E-state index contributed by atoms with van der Waals surface area (Å²) in [6.45, 7) is 3.77. The number of sulfonamides is 1. The molecule has 1 heterocycles. The Kier molecular flexibility index (Phi) is 7.79. The Hall–Kier alpha value is -2.58. The zero-order chi connectivity index (χ0) is 23.2. The van der Waals surface area contributed by atoms with Gasteiger partial charge in [0, 0.05) is 32.2 Å². The van der Waals surface area contributed by atoms with Crippen LogP contribution in [0.3, 0.4) is 0 Å². The molecule has 0 spiro atoms. The van der Waals surface area contributed by atoms with E-state index >= 15 is 0 Å². The second kappa shape index (κ2) is 10.4. The average Bonchev–Trinajstić information content (AvgIpc) is 2.81. The molecule has 7 nitrogen and oxygen atoms in total. The van der Waals surface area contributed by atoms with E-state index < -0.39 is 16.1 Å². The lowest BCUT2D eigenvalue weighted by molar-refractivity contribution is -0.128. The Morgan fingerprint density at radius 3 is 2.31 bits per heavy atom. The number of nitrogens with one attached hydrogen (secondary N) is 1. The summed E-state index contributed by atoms with van der Waals surface area (Å²) in [5.74, 6) is 0.355. The summed E-state index contributed by atoms with van der Waals surface area (Å²) in [6.07, 6.45) is 2.73. The third-order valence-electron chi connectivity index (χ3n) is 6.08. The number of benzene rings is 2. The summed E-state index contributed by atoms with van der Waals surface area (Å²) in [4.78, 5) is 12.9. The molecule has 8 heteroatoms. The highest BCUT2D eigenvalue weighted by molar-refractivity contribution is 7.92. The molecule has 2 aromatic rings. The van der Waals surface area contributed by atoms with Gasteiger partial charge in [0.2, 0.25) is 10.0 Å². The minimum absolute atomic E-state index is 0.147. The normalized spacial score (nSPS) is 16.7. The highest BCUT2D eigenvalue weighted by Gasteiger charge is 2.35. The van der Waals surface area contributed by atoms with Crippen LogP contribution in [-0.4, -0.2) is 53.5 Å². The molecule has 1 atom stereocenters. The van der Waals surface area contributed by atoms with Gasteiger partial charge >= 0.3 is 0 Å². The topological polar surface area (TPSA) is 84.9 Å². The first-order valence-corrected chi connectivity index (χ1v) is 12.7. The van der Waals surface area contributed by atoms with Crippen LogP contribution in [0.1, 0.15) is 31.7 Å². The molecule has 0 radical (unpaired) electrons. The molecular weight excluding hydrogens is 428 g/mol. The van der Waals surface area contributed by atoms with E-state index in [1.807, 2.05) is 25.1 Å².